The van der Waals surface area contributed by atoms with Gasteiger partial charge in [-0.1, -0.05) is 0 Å². The third kappa shape index (κ3) is 4.43. The molecule has 0 aromatic heterocycles. The van der Waals surface area contributed by atoms with Gasteiger partial charge in [0.15, 0.2) is 22.8 Å². The van der Waals surface area contributed by atoms with Crippen LogP contribution in [0, 0.1) is 29.2 Å². The highest BCUT2D eigenvalue weighted by atomic mass is 32.2. The molecule has 2 heterocycles. The first-order valence-corrected chi connectivity index (χ1v) is 9.67. The average Bonchev–Trinajstić information content (AvgIpc) is 3.01. The van der Waals surface area contributed by atoms with Crippen LogP contribution in [0.2, 0.25) is 0 Å². The molecular formula is C16H11F4NO9S. The Morgan fingerprint density at radius 1 is 1.03 bits per heavy atom. The third-order valence-electron chi connectivity index (χ3n) is 4.18. The molecule has 1 aromatic rings. The van der Waals surface area contributed by atoms with Gasteiger partial charge in [-0.25, -0.2) is 8.78 Å². The van der Waals surface area contributed by atoms with Crippen molar-refractivity contribution in [2.24, 2.45) is 5.92 Å². The van der Waals surface area contributed by atoms with E-state index in [0.29, 0.717) is 0 Å². The summed E-state index contributed by atoms with van der Waals surface area (Å²) in [5, 5.41) is 0. The zero-order valence-corrected chi connectivity index (χ0v) is 15.8. The van der Waals surface area contributed by atoms with Crippen LogP contribution in [-0.4, -0.2) is 61.7 Å². The van der Waals surface area contributed by atoms with E-state index >= 15 is 0 Å². The predicted octanol–water partition coefficient (Wildman–Crippen LogP) is 0.309. The molecule has 1 fully saturated rings. The molecular weight excluding hydrogens is 458 g/mol. The number of benzene rings is 1. The predicted molar refractivity (Wildman–Crippen MR) is 86.8 cm³/mol. The topological polar surface area (TPSA) is 137 Å². The molecule has 0 saturated carbocycles. The number of ether oxygens (including phenoxy) is 3. The van der Waals surface area contributed by atoms with Crippen molar-refractivity contribution in [3.05, 3.63) is 35.4 Å². The molecule has 0 spiro atoms. The fourth-order valence-electron chi connectivity index (χ4n) is 2.64. The van der Waals surface area contributed by atoms with Crippen molar-refractivity contribution in [3.63, 3.8) is 0 Å². The van der Waals surface area contributed by atoms with E-state index < -0.39 is 87.2 Å². The molecule has 2 aliphatic rings. The SMILES string of the molecule is O=C(Oc1c(F)c(F)c(S(=O)(=O)O)c(F)c1F)C1COC(CN2C(=O)C=CC2=O)OC1. The Labute approximate surface area is 170 Å². The number of esters is 1. The Balaban J connectivity index is 1.68. The second kappa shape index (κ2) is 8.33. The quantitative estimate of drug-likeness (QED) is 0.161. The maximum atomic E-state index is 14.0. The molecule has 15 heteroatoms. The smallest absolute Gasteiger partial charge is 0.319 e. The average molecular weight is 469 g/mol. The summed E-state index contributed by atoms with van der Waals surface area (Å²) in [4.78, 5) is 33.6. The van der Waals surface area contributed by atoms with Crippen LogP contribution in [0.1, 0.15) is 0 Å². The maximum Gasteiger partial charge on any atom is 0.319 e. The molecule has 0 aliphatic carbocycles. The molecule has 0 radical (unpaired) electrons. The molecule has 10 nitrogen and oxygen atoms in total. The van der Waals surface area contributed by atoms with Crippen LogP contribution in [0.3, 0.4) is 0 Å². The molecule has 1 aromatic carbocycles. The van der Waals surface area contributed by atoms with Crippen LogP contribution in [0.5, 0.6) is 5.75 Å². The lowest BCUT2D eigenvalue weighted by molar-refractivity contribution is -0.211. The minimum Gasteiger partial charge on any atom is -0.420 e. The largest absolute Gasteiger partial charge is 0.420 e. The Kier molecular flexibility index (Phi) is 6.13. The lowest BCUT2D eigenvalue weighted by atomic mass is 10.1. The molecule has 3 rings (SSSR count). The van der Waals surface area contributed by atoms with Crippen molar-refractivity contribution in [3.8, 4) is 5.75 Å². The standard InChI is InChI=1S/C16H11F4NO9S/c17-10-12(19)15(31(25,26)27)13(20)11(18)14(10)30-16(24)6-4-28-9(29-5-6)3-21-7(22)1-2-8(21)23/h1-2,6,9H,3-5H2,(H,25,26,27). The Morgan fingerprint density at radius 3 is 1.97 bits per heavy atom. The summed E-state index contributed by atoms with van der Waals surface area (Å²) in [5.41, 5.74) is 0. The maximum absolute atomic E-state index is 14.0. The molecule has 168 valence electrons. The summed E-state index contributed by atoms with van der Waals surface area (Å²) in [6.45, 7) is -1.24. The Bertz CT molecular complexity index is 1050. The molecule has 1 saturated heterocycles. The van der Waals surface area contributed by atoms with Gasteiger partial charge in [-0.15, -0.1) is 0 Å². The highest BCUT2D eigenvalue weighted by molar-refractivity contribution is 7.85. The lowest BCUT2D eigenvalue weighted by Crippen LogP contribution is -2.45. The van der Waals surface area contributed by atoms with Gasteiger partial charge in [0.2, 0.25) is 17.4 Å². The van der Waals surface area contributed by atoms with E-state index in [1.165, 1.54) is 0 Å². The number of carbonyl (C=O) groups is 3. The minimum atomic E-state index is -5.67. The summed E-state index contributed by atoms with van der Waals surface area (Å²) >= 11 is 0. The van der Waals surface area contributed by atoms with E-state index in [1.54, 1.807) is 0 Å². The van der Waals surface area contributed by atoms with Crippen LogP contribution in [0.25, 0.3) is 0 Å². The first-order valence-electron chi connectivity index (χ1n) is 8.23. The molecule has 0 atom stereocenters. The number of carbonyl (C=O) groups excluding carboxylic acids is 3. The van der Waals surface area contributed by atoms with Crippen LogP contribution in [0.15, 0.2) is 17.0 Å². The van der Waals surface area contributed by atoms with Crippen molar-refractivity contribution in [1.82, 2.24) is 4.90 Å². The van der Waals surface area contributed by atoms with Gasteiger partial charge < -0.3 is 14.2 Å². The molecule has 0 bridgehead atoms. The monoisotopic (exact) mass is 469 g/mol. The second-order valence-corrected chi connectivity index (χ2v) is 7.58. The molecule has 2 amide bonds. The van der Waals surface area contributed by atoms with Gasteiger partial charge in [-0.2, -0.15) is 17.2 Å². The van der Waals surface area contributed by atoms with Gasteiger partial charge in [0.1, 0.15) is 5.92 Å². The zero-order chi connectivity index (χ0) is 23.1. The number of hydrogen-bond donors (Lipinski definition) is 1. The summed E-state index contributed by atoms with van der Waals surface area (Å²) in [5.74, 6) is -15.6. The summed E-state index contributed by atoms with van der Waals surface area (Å²) in [6.07, 6.45) is 0.939. The van der Waals surface area contributed by atoms with Crippen LogP contribution in [-0.2, 0) is 34.0 Å². The molecule has 2 aliphatic heterocycles. The second-order valence-electron chi connectivity index (χ2n) is 6.22. The van der Waals surface area contributed by atoms with Crippen molar-refractivity contribution < 1.29 is 59.1 Å². The van der Waals surface area contributed by atoms with Gasteiger partial charge in [0.25, 0.3) is 11.8 Å². The zero-order valence-electron chi connectivity index (χ0n) is 15.0. The molecule has 0 unspecified atom stereocenters. The number of halogens is 4. The first kappa shape index (κ1) is 22.8. The fourth-order valence-corrected chi connectivity index (χ4v) is 3.27. The van der Waals surface area contributed by atoms with Crippen LogP contribution < -0.4 is 4.74 Å². The highest BCUT2D eigenvalue weighted by Gasteiger charge is 2.37. The van der Waals surface area contributed by atoms with Crippen molar-refractivity contribution >= 4 is 27.9 Å². The van der Waals surface area contributed by atoms with Crippen molar-refractivity contribution in [2.75, 3.05) is 19.8 Å². The lowest BCUT2D eigenvalue weighted by Gasteiger charge is -2.30. The molecule has 1 N–H and O–H groups in total. The number of nitrogens with zero attached hydrogens (tertiary/aromatic N) is 1. The normalized spacial score (nSPS) is 21.6. The van der Waals surface area contributed by atoms with E-state index in [-0.39, 0.29) is 6.54 Å². The van der Waals surface area contributed by atoms with Gasteiger partial charge in [0, 0.05) is 12.2 Å². The van der Waals surface area contributed by atoms with Crippen LogP contribution in [0.4, 0.5) is 17.6 Å². The fraction of sp³-hybridized carbons (Fsp3) is 0.312. The van der Waals surface area contributed by atoms with E-state index in [4.69, 9.17) is 14.0 Å². The van der Waals surface area contributed by atoms with Gasteiger partial charge in [-0.3, -0.25) is 23.8 Å². The van der Waals surface area contributed by atoms with Crippen molar-refractivity contribution in [2.45, 2.75) is 11.2 Å². The van der Waals surface area contributed by atoms with E-state index in [2.05, 4.69) is 4.74 Å². The number of rotatable bonds is 5. The summed E-state index contributed by atoms with van der Waals surface area (Å²) < 4.78 is 101. The van der Waals surface area contributed by atoms with Gasteiger partial charge >= 0.3 is 16.1 Å². The molecule has 31 heavy (non-hydrogen) atoms. The van der Waals surface area contributed by atoms with E-state index in [1.807, 2.05) is 0 Å². The Hall–Kier alpha value is -2.88. The Morgan fingerprint density at radius 2 is 1.52 bits per heavy atom. The summed E-state index contributed by atoms with van der Waals surface area (Å²) in [6, 6.07) is 0. The third-order valence-corrected chi connectivity index (χ3v) is 5.05. The number of imide groups is 1. The first-order chi connectivity index (χ1) is 14.4. The minimum absolute atomic E-state index is 0.302. The van der Waals surface area contributed by atoms with Gasteiger partial charge in [0.05, 0.1) is 19.8 Å². The van der Waals surface area contributed by atoms with E-state index in [0.717, 1.165) is 17.1 Å². The van der Waals surface area contributed by atoms with Crippen LogP contribution >= 0.6 is 0 Å². The van der Waals surface area contributed by atoms with Gasteiger partial charge in [-0.05, 0) is 0 Å². The summed E-state index contributed by atoms with van der Waals surface area (Å²) in [7, 11) is -5.67. The number of amides is 2. The highest BCUT2D eigenvalue weighted by Crippen LogP contribution is 2.33. The van der Waals surface area contributed by atoms with Crippen molar-refractivity contribution in [1.29, 1.82) is 0 Å². The number of hydrogen-bond acceptors (Lipinski definition) is 8. The van der Waals surface area contributed by atoms with E-state index in [9.17, 15) is 40.4 Å².